The molecule has 0 spiro atoms. The lowest BCUT2D eigenvalue weighted by Gasteiger charge is -2.34. The maximum atomic E-state index is 14.6. The largest absolute Gasteiger partial charge is 0.354 e. The van der Waals surface area contributed by atoms with Crippen LogP contribution < -0.4 is 9.62 Å². The zero-order chi connectivity index (χ0) is 33.4. The van der Waals surface area contributed by atoms with Crippen LogP contribution in [0.4, 0.5) is 5.69 Å². The normalized spacial score (nSPS) is 12.1. The van der Waals surface area contributed by atoms with Crippen molar-refractivity contribution in [1.82, 2.24) is 10.2 Å². The summed E-state index contributed by atoms with van der Waals surface area (Å²) in [5, 5.41) is 3.74. The molecule has 0 unspecified atom stereocenters. The summed E-state index contributed by atoms with van der Waals surface area (Å²) in [6, 6.07) is 26.9. The Labute approximate surface area is 282 Å². The van der Waals surface area contributed by atoms with Crippen LogP contribution in [0.2, 0.25) is 10.0 Å². The van der Waals surface area contributed by atoms with Gasteiger partial charge >= 0.3 is 0 Å². The molecule has 0 saturated carbocycles. The highest BCUT2D eigenvalue weighted by Gasteiger charge is 2.35. The molecular formula is C36H39Cl2N3O4S. The fourth-order valence-corrected chi connectivity index (χ4v) is 6.99. The smallest absolute Gasteiger partial charge is 0.264 e. The van der Waals surface area contributed by atoms with Crippen molar-refractivity contribution in [1.29, 1.82) is 0 Å². The Bertz CT molecular complexity index is 1770. The Morgan fingerprint density at radius 1 is 0.848 bits per heavy atom. The maximum Gasteiger partial charge on any atom is 0.264 e. The van der Waals surface area contributed by atoms with E-state index in [1.54, 1.807) is 49.4 Å². The van der Waals surface area contributed by atoms with Gasteiger partial charge in [-0.15, -0.1) is 0 Å². The van der Waals surface area contributed by atoms with Crippen molar-refractivity contribution in [3.8, 4) is 0 Å². The third-order valence-electron chi connectivity index (χ3n) is 7.55. The SMILES string of the molecule is Cc1ccc(C)c(N(CC(=O)N(Cc2ccc(Cl)cc2Cl)[C@H](Cc2ccccc2)C(=O)NCC(C)C)S(=O)(=O)c2ccccc2)c1. The molecular weight excluding hydrogens is 641 g/mol. The minimum Gasteiger partial charge on any atom is -0.354 e. The molecule has 0 aliphatic rings. The first-order chi connectivity index (χ1) is 21.9. The quantitative estimate of drug-likeness (QED) is 0.162. The Balaban J connectivity index is 1.84. The molecule has 46 heavy (non-hydrogen) atoms. The number of carbonyl (C=O) groups excluding carboxylic acids is 2. The van der Waals surface area contributed by atoms with Gasteiger partial charge in [0, 0.05) is 29.6 Å². The van der Waals surface area contributed by atoms with E-state index in [0.717, 1.165) is 15.4 Å². The number of aryl methyl sites for hydroxylation is 2. The lowest BCUT2D eigenvalue weighted by atomic mass is 10.0. The first-order valence-corrected chi connectivity index (χ1v) is 17.3. The highest BCUT2D eigenvalue weighted by Crippen LogP contribution is 2.29. The van der Waals surface area contributed by atoms with E-state index >= 15 is 0 Å². The maximum absolute atomic E-state index is 14.6. The molecule has 0 aromatic heterocycles. The van der Waals surface area contributed by atoms with E-state index in [1.165, 1.54) is 17.0 Å². The van der Waals surface area contributed by atoms with Crippen molar-refractivity contribution in [2.75, 3.05) is 17.4 Å². The second kappa shape index (κ2) is 15.6. The zero-order valence-electron chi connectivity index (χ0n) is 26.4. The Morgan fingerprint density at radius 2 is 1.50 bits per heavy atom. The first kappa shape index (κ1) is 35.0. The Kier molecular flexibility index (Phi) is 11.9. The van der Waals surface area contributed by atoms with Gasteiger partial charge in [0.25, 0.3) is 10.0 Å². The zero-order valence-corrected chi connectivity index (χ0v) is 28.7. The van der Waals surface area contributed by atoms with E-state index in [-0.39, 0.29) is 29.7 Å². The molecule has 7 nitrogen and oxygen atoms in total. The number of carbonyl (C=O) groups is 2. The molecule has 4 rings (SSSR count). The van der Waals surface area contributed by atoms with Gasteiger partial charge in [0.05, 0.1) is 10.6 Å². The molecule has 1 N–H and O–H groups in total. The number of nitrogens with zero attached hydrogens (tertiary/aromatic N) is 2. The van der Waals surface area contributed by atoms with E-state index in [1.807, 2.05) is 63.2 Å². The van der Waals surface area contributed by atoms with Gasteiger partial charge in [0.15, 0.2) is 0 Å². The van der Waals surface area contributed by atoms with E-state index in [2.05, 4.69) is 5.32 Å². The predicted molar refractivity (Wildman–Crippen MR) is 186 cm³/mol. The second-order valence-corrected chi connectivity index (χ2v) is 14.4. The van der Waals surface area contributed by atoms with Crippen molar-refractivity contribution in [3.05, 3.63) is 129 Å². The lowest BCUT2D eigenvalue weighted by Crippen LogP contribution is -2.53. The van der Waals surface area contributed by atoms with Crippen molar-refractivity contribution in [2.24, 2.45) is 5.92 Å². The van der Waals surface area contributed by atoms with Gasteiger partial charge in [-0.05, 0) is 72.4 Å². The minimum atomic E-state index is -4.19. The number of anilines is 1. The van der Waals surface area contributed by atoms with Gasteiger partial charge in [-0.3, -0.25) is 13.9 Å². The van der Waals surface area contributed by atoms with E-state index in [0.29, 0.717) is 33.4 Å². The van der Waals surface area contributed by atoms with Gasteiger partial charge in [-0.1, -0.05) is 104 Å². The van der Waals surface area contributed by atoms with Crippen molar-refractivity contribution >= 4 is 50.7 Å². The first-order valence-electron chi connectivity index (χ1n) is 15.1. The molecule has 4 aromatic rings. The molecule has 0 bridgehead atoms. The molecule has 0 aliphatic carbocycles. The third kappa shape index (κ3) is 8.90. The van der Waals surface area contributed by atoms with Crippen LogP contribution in [0.15, 0.2) is 102 Å². The summed E-state index contributed by atoms with van der Waals surface area (Å²) in [5.41, 5.74) is 3.31. The van der Waals surface area contributed by atoms with Crippen LogP contribution >= 0.6 is 23.2 Å². The molecule has 0 saturated heterocycles. The summed E-state index contributed by atoms with van der Waals surface area (Å²) in [7, 11) is -4.19. The van der Waals surface area contributed by atoms with Gasteiger partial charge in [-0.2, -0.15) is 0 Å². The summed E-state index contributed by atoms with van der Waals surface area (Å²) in [6.45, 7) is 7.45. The van der Waals surface area contributed by atoms with Gasteiger partial charge in [0.1, 0.15) is 12.6 Å². The highest BCUT2D eigenvalue weighted by molar-refractivity contribution is 7.92. The standard InChI is InChI=1S/C36H39Cl2N3O4S/c1-25(2)22-39-36(43)34(20-28-11-7-5-8-12-28)40(23-29-17-18-30(37)21-32(29)38)35(42)24-41(33-19-26(3)15-16-27(33)4)46(44,45)31-13-9-6-10-14-31/h5-19,21,25,34H,20,22-24H2,1-4H3,(H,39,43)/t34-/m1/s1. The molecule has 242 valence electrons. The Hall–Kier alpha value is -3.85. The number of hydrogen-bond acceptors (Lipinski definition) is 4. The van der Waals surface area contributed by atoms with Crippen molar-refractivity contribution in [2.45, 2.75) is 51.6 Å². The number of hydrogen-bond donors (Lipinski definition) is 1. The molecule has 0 heterocycles. The average Bonchev–Trinajstić information content (AvgIpc) is 3.03. The third-order valence-corrected chi connectivity index (χ3v) is 9.92. The van der Waals surface area contributed by atoms with Crippen molar-refractivity contribution in [3.63, 3.8) is 0 Å². The highest BCUT2D eigenvalue weighted by atomic mass is 35.5. The topological polar surface area (TPSA) is 86.8 Å². The second-order valence-electron chi connectivity index (χ2n) is 11.7. The number of sulfonamides is 1. The molecule has 1 atom stereocenters. The molecule has 10 heteroatoms. The van der Waals surface area contributed by atoms with E-state index in [4.69, 9.17) is 23.2 Å². The van der Waals surface area contributed by atoms with Gasteiger partial charge < -0.3 is 10.2 Å². The average molecular weight is 681 g/mol. The van der Waals surface area contributed by atoms with Gasteiger partial charge in [0.2, 0.25) is 11.8 Å². The molecule has 4 aromatic carbocycles. The van der Waals surface area contributed by atoms with Crippen LogP contribution in [0.1, 0.15) is 36.1 Å². The molecule has 0 fully saturated rings. The van der Waals surface area contributed by atoms with Gasteiger partial charge in [-0.25, -0.2) is 8.42 Å². The molecule has 0 aliphatic heterocycles. The van der Waals surface area contributed by atoms with Crippen LogP contribution in [0.5, 0.6) is 0 Å². The van der Waals surface area contributed by atoms with E-state index < -0.39 is 28.5 Å². The number of benzene rings is 4. The Morgan fingerprint density at radius 3 is 2.13 bits per heavy atom. The van der Waals surface area contributed by atoms with Crippen LogP contribution in [-0.4, -0.2) is 44.3 Å². The van der Waals surface area contributed by atoms with Crippen LogP contribution in [0, 0.1) is 19.8 Å². The number of rotatable bonds is 13. The predicted octanol–water partition coefficient (Wildman–Crippen LogP) is 7.22. The summed E-state index contributed by atoms with van der Waals surface area (Å²) >= 11 is 12.8. The summed E-state index contributed by atoms with van der Waals surface area (Å²) < 4.78 is 29.6. The number of nitrogens with one attached hydrogen (secondary N) is 1. The van der Waals surface area contributed by atoms with E-state index in [9.17, 15) is 18.0 Å². The lowest BCUT2D eigenvalue weighted by molar-refractivity contribution is -0.140. The molecule has 2 amide bonds. The summed E-state index contributed by atoms with van der Waals surface area (Å²) in [5.74, 6) is -0.737. The van der Waals surface area contributed by atoms with Crippen LogP contribution in [0.3, 0.4) is 0 Å². The van der Waals surface area contributed by atoms with Crippen molar-refractivity contribution < 1.29 is 18.0 Å². The summed E-state index contributed by atoms with van der Waals surface area (Å²) in [6.07, 6.45) is 0.205. The fourth-order valence-electron chi connectivity index (χ4n) is 5.03. The van der Waals surface area contributed by atoms with Crippen LogP contribution in [0.25, 0.3) is 0 Å². The number of amides is 2. The number of halogens is 2. The fraction of sp³-hybridized carbons (Fsp3) is 0.278. The summed E-state index contributed by atoms with van der Waals surface area (Å²) in [4.78, 5) is 30.0. The molecule has 0 radical (unpaired) electrons. The minimum absolute atomic E-state index is 0.0477. The van der Waals surface area contributed by atoms with Crippen LogP contribution in [-0.2, 0) is 32.6 Å². The monoisotopic (exact) mass is 679 g/mol.